The molecular formula is C13H17FO4. The first-order valence-electron chi connectivity index (χ1n) is 5.85. The molecule has 1 saturated heterocycles. The molecule has 3 atom stereocenters. The van der Waals surface area contributed by atoms with Crippen LogP contribution in [-0.2, 0) is 16.1 Å². The van der Waals surface area contributed by atoms with Crippen LogP contribution in [0.15, 0.2) is 30.3 Å². The van der Waals surface area contributed by atoms with Crippen molar-refractivity contribution in [3.63, 3.8) is 0 Å². The van der Waals surface area contributed by atoms with E-state index < -0.39 is 24.5 Å². The van der Waals surface area contributed by atoms with Crippen molar-refractivity contribution in [2.24, 2.45) is 0 Å². The maximum Gasteiger partial charge on any atom is 0.144 e. The van der Waals surface area contributed by atoms with Gasteiger partial charge in [-0.15, -0.1) is 0 Å². The molecule has 1 fully saturated rings. The minimum atomic E-state index is -1.79. The molecule has 1 heterocycles. The van der Waals surface area contributed by atoms with E-state index in [4.69, 9.17) is 9.47 Å². The van der Waals surface area contributed by atoms with E-state index >= 15 is 0 Å². The number of halogens is 1. The van der Waals surface area contributed by atoms with Gasteiger partial charge in [0.1, 0.15) is 24.5 Å². The molecular weight excluding hydrogens is 239 g/mol. The Morgan fingerprint density at radius 1 is 1.39 bits per heavy atom. The van der Waals surface area contributed by atoms with Gasteiger partial charge in [0, 0.05) is 0 Å². The third-order valence-electron chi connectivity index (χ3n) is 3.08. The lowest BCUT2D eigenvalue weighted by Crippen LogP contribution is -2.46. The summed E-state index contributed by atoms with van der Waals surface area (Å²) in [6.45, 7) is -0.715. The molecule has 1 aromatic rings. The van der Waals surface area contributed by atoms with E-state index in [1.807, 2.05) is 30.3 Å². The van der Waals surface area contributed by atoms with E-state index in [0.717, 1.165) is 5.56 Å². The van der Waals surface area contributed by atoms with Gasteiger partial charge in [-0.2, -0.15) is 0 Å². The second-order valence-electron chi connectivity index (χ2n) is 4.53. The van der Waals surface area contributed by atoms with Gasteiger partial charge in [0.05, 0.1) is 19.8 Å². The predicted molar refractivity (Wildman–Crippen MR) is 62.8 cm³/mol. The molecule has 1 aliphatic rings. The molecule has 0 aliphatic carbocycles. The van der Waals surface area contributed by atoms with Crippen molar-refractivity contribution < 1.29 is 24.1 Å². The topological polar surface area (TPSA) is 58.9 Å². The molecule has 0 amide bonds. The summed E-state index contributed by atoms with van der Waals surface area (Å²) < 4.78 is 23.1. The van der Waals surface area contributed by atoms with Crippen molar-refractivity contribution in [1.29, 1.82) is 0 Å². The van der Waals surface area contributed by atoms with Gasteiger partial charge in [-0.1, -0.05) is 30.3 Å². The maximum absolute atomic E-state index is 12.6. The second-order valence-corrected chi connectivity index (χ2v) is 4.53. The van der Waals surface area contributed by atoms with Crippen LogP contribution in [0, 0.1) is 0 Å². The molecule has 0 spiro atoms. The minimum absolute atomic E-state index is 0.123. The summed E-state index contributed by atoms with van der Waals surface area (Å²) in [5.74, 6) is 0. The van der Waals surface area contributed by atoms with Crippen LogP contribution in [0.5, 0.6) is 0 Å². The number of rotatable bonds is 5. The van der Waals surface area contributed by atoms with Crippen molar-refractivity contribution in [3.05, 3.63) is 35.9 Å². The number of ether oxygens (including phenoxy) is 2. The fraction of sp³-hybridized carbons (Fsp3) is 0.538. The average Bonchev–Trinajstić information content (AvgIpc) is 2.69. The lowest BCUT2D eigenvalue weighted by Gasteiger charge is -2.22. The van der Waals surface area contributed by atoms with Crippen molar-refractivity contribution >= 4 is 0 Å². The first-order chi connectivity index (χ1) is 8.65. The summed E-state index contributed by atoms with van der Waals surface area (Å²) in [4.78, 5) is 0. The number of benzene rings is 1. The molecule has 5 heteroatoms. The van der Waals surface area contributed by atoms with E-state index in [0.29, 0.717) is 6.61 Å². The Bertz CT molecular complexity index is 373. The Kier molecular flexibility index (Phi) is 4.29. The largest absolute Gasteiger partial charge is 0.387 e. The van der Waals surface area contributed by atoms with Crippen LogP contribution in [-0.4, -0.2) is 47.9 Å². The number of aliphatic hydroxyl groups is 2. The molecule has 4 nitrogen and oxygen atoms in total. The molecule has 18 heavy (non-hydrogen) atoms. The zero-order valence-electron chi connectivity index (χ0n) is 9.96. The van der Waals surface area contributed by atoms with Crippen LogP contribution >= 0.6 is 0 Å². The Labute approximate surface area is 105 Å². The van der Waals surface area contributed by atoms with Gasteiger partial charge >= 0.3 is 0 Å². The average molecular weight is 256 g/mol. The molecule has 1 unspecified atom stereocenters. The standard InChI is InChI=1S/C13H17FO4/c14-8-13(16)9-18-11(12(13)15)7-17-6-10-4-2-1-3-5-10/h1-5,11-12,15-16H,6-9H2/t11-,12+,13?/m1/s1. The van der Waals surface area contributed by atoms with Gasteiger partial charge < -0.3 is 19.7 Å². The smallest absolute Gasteiger partial charge is 0.144 e. The number of aliphatic hydroxyl groups excluding tert-OH is 1. The molecule has 0 aromatic heterocycles. The van der Waals surface area contributed by atoms with E-state index in [1.165, 1.54) is 0 Å². The Morgan fingerprint density at radius 3 is 2.72 bits per heavy atom. The van der Waals surface area contributed by atoms with Gasteiger partial charge in [-0.05, 0) is 5.56 Å². The van der Waals surface area contributed by atoms with Crippen LogP contribution in [0.2, 0.25) is 0 Å². The van der Waals surface area contributed by atoms with Crippen LogP contribution in [0.3, 0.4) is 0 Å². The Morgan fingerprint density at radius 2 is 2.11 bits per heavy atom. The Balaban J connectivity index is 1.78. The quantitative estimate of drug-likeness (QED) is 0.812. The molecule has 0 radical (unpaired) electrons. The fourth-order valence-corrected chi connectivity index (χ4v) is 1.90. The van der Waals surface area contributed by atoms with Crippen molar-refractivity contribution in [2.45, 2.75) is 24.4 Å². The normalized spacial score (nSPS) is 31.7. The van der Waals surface area contributed by atoms with E-state index in [2.05, 4.69) is 0 Å². The number of hydrogen-bond donors (Lipinski definition) is 2. The lowest BCUT2D eigenvalue weighted by molar-refractivity contribution is -0.0730. The number of alkyl halides is 1. The van der Waals surface area contributed by atoms with Gasteiger partial charge in [-0.3, -0.25) is 0 Å². The zero-order chi connectivity index (χ0) is 13.0. The molecule has 1 aromatic carbocycles. The third-order valence-corrected chi connectivity index (χ3v) is 3.08. The predicted octanol–water partition coefficient (Wildman–Crippen LogP) is 0.663. The van der Waals surface area contributed by atoms with Gasteiger partial charge in [0.25, 0.3) is 0 Å². The number of hydrogen-bond acceptors (Lipinski definition) is 4. The summed E-state index contributed by atoms with van der Waals surface area (Å²) in [6.07, 6.45) is -1.94. The maximum atomic E-state index is 12.6. The molecule has 2 rings (SSSR count). The second kappa shape index (κ2) is 5.75. The summed E-state index contributed by atoms with van der Waals surface area (Å²) >= 11 is 0. The van der Waals surface area contributed by atoms with Crippen LogP contribution in [0.4, 0.5) is 4.39 Å². The third kappa shape index (κ3) is 2.87. The van der Waals surface area contributed by atoms with Crippen molar-refractivity contribution in [3.8, 4) is 0 Å². The van der Waals surface area contributed by atoms with E-state index in [1.54, 1.807) is 0 Å². The van der Waals surface area contributed by atoms with Crippen molar-refractivity contribution in [2.75, 3.05) is 19.9 Å². The van der Waals surface area contributed by atoms with Gasteiger partial charge in [-0.25, -0.2) is 4.39 Å². The van der Waals surface area contributed by atoms with Crippen LogP contribution < -0.4 is 0 Å². The SMILES string of the molecule is O[C@H]1[C@@H](COCc2ccccc2)OCC1(O)CF. The zero-order valence-corrected chi connectivity index (χ0v) is 9.96. The fourth-order valence-electron chi connectivity index (χ4n) is 1.90. The summed E-state index contributed by atoms with van der Waals surface area (Å²) in [5.41, 5.74) is -0.786. The molecule has 0 saturated carbocycles. The van der Waals surface area contributed by atoms with Crippen LogP contribution in [0.25, 0.3) is 0 Å². The summed E-state index contributed by atoms with van der Waals surface area (Å²) in [6, 6.07) is 9.56. The first-order valence-corrected chi connectivity index (χ1v) is 5.85. The Hall–Kier alpha value is -1.01. The highest BCUT2D eigenvalue weighted by Gasteiger charge is 2.48. The lowest BCUT2D eigenvalue weighted by atomic mass is 9.99. The molecule has 0 bridgehead atoms. The summed E-state index contributed by atoms with van der Waals surface area (Å²) in [7, 11) is 0. The highest BCUT2D eigenvalue weighted by Crippen LogP contribution is 2.25. The van der Waals surface area contributed by atoms with Gasteiger partial charge in [0.2, 0.25) is 0 Å². The van der Waals surface area contributed by atoms with Crippen LogP contribution in [0.1, 0.15) is 5.56 Å². The van der Waals surface area contributed by atoms with E-state index in [-0.39, 0.29) is 13.2 Å². The molecule has 1 aliphatic heterocycles. The van der Waals surface area contributed by atoms with Crippen molar-refractivity contribution in [1.82, 2.24) is 0 Å². The molecule has 2 N–H and O–H groups in total. The highest BCUT2D eigenvalue weighted by molar-refractivity contribution is 5.13. The first kappa shape index (κ1) is 13.4. The monoisotopic (exact) mass is 256 g/mol. The summed E-state index contributed by atoms with van der Waals surface area (Å²) in [5, 5.41) is 19.4. The van der Waals surface area contributed by atoms with E-state index in [9.17, 15) is 14.6 Å². The minimum Gasteiger partial charge on any atom is -0.387 e. The highest BCUT2D eigenvalue weighted by atomic mass is 19.1. The molecule has 100 valence electrons. The van der Waals surface area contributed by atoms with Gasteiger partial charge in [0.15, 0.2) is 0 Å².